The molecule has 0 fully saturated rings. The maximum absolute atomic E-state index is 13.2. The minimum absolute atomic E-state index is 0.0200. The topological polar surface area (TPSA) is 30.0 Å². The van der Waals surface area contributed by atoms with E-state index < -0.39 is 5.82 Å². The molecule has 0 spiro atoms. The second-order valence-corrected chi connectivity index (χ2v) is 4.96. The molecule has 0 atom stereocenters. The molecule has 5 heteroatoms. The minimum atomic E-state index is -0.576. The van der Waals surface area contributed by atoms with Gasteiger partial charge in [-0.3, -0.25) is 4.79 Å². The van der Waals surface area contributed by atoms with Gasteiger partial charge in [-0.1, -0.05) is 11.6 Å². The molecule has 0 unspecified atom stereocenters. The predicted octanol–water partition coefficient (Wildman–Crippen LogP) is 3.67. The minimum Gasteiger partial charge on any atom is -0.294 e. The summed E-state index contributed by atoms with van der Waals surface area (Å²) in [6, 6.07) is 4.07. The van der Waals surface area contributed by atoms with Gasteiger partial charge in [0.1, 0.15) is 10.8 Å². The van der Waals surface area contributed by atoms with Crippen LogP contribution in [0.1, 0.15) is 21.1 Å². The van der Waals surface area contributed by atoms with E-state index in [2.05, 4.69) is 4.98 Å². The van der Waals surface area contributed by atoms with Crippen LogP contribution < -0.4 is 0 Å². The van der Waals surface area contributed by atoms with E-state index >= 15 is 0 Å². The summed E-state index contributed by atoms with van der Waals surface area (Å²) in [5.41, 5.74) is 1.21. The average molecular weight is 270 g/mol. The van der Waals surface area contributed by atoms with E-state index in [1.54, 1.807) is 0 Å². The molecule has 1 heterocycles. The lowest BCUT2D eigenvalue weighted by Gasteiger charge is -2.00. The van der Waals surface area contributed by atoms with E-state index in [0.717, 1.165) is 16.8 Å². The fourth-order valence-corrected chi connectivity index (χ4v) is 2.28. The molecule has 1 aromatic heterocycles. The van der Waals surface area contributed by atoms with Crippen molar-refractivity contribution >= 4 is 28.7 Å². The van der Waals surface area contributed by atoms with Crippen molar-refractivity contribution in [1.82, 2.24) is 4.98 Å². The van der Waals surface area contributed by atoms with Gasteiger partial charge in [0.2, 0.25) is 0 Å². The highest BCUT2D eigenvalue weighted by atomic mass is 35.5. The highest BCUT2D eigenvalue weighted by Gasteiger charge is 2.11. The molecule has 0 amide bonds. The second-order valence-electron chi connectivity index (χ2n) is 3.61. The van der Waals surface area contributed by atoms with Crippen molar-refractivity contribution in [2.75, 3.05) is 0 Å². The number of aromatic nitrogens is 1. The maximum Gasteiger partial charge on any atom is 0.169 e. The Morgan fingerprint density at radius 2 is 2.29 bits per heavy atom. The molecule has 0 saturated carbocycles. The zero-order valence-corrected chi connectivity index (χ0v) is 10.6. The molecule has 2 aromatic rings. The van der Waals surface area contributed by atoms with Gasteiger partial charge in [-0.15, -0.1) is 11.3 Å². The van der Waals surface area contributed by atoms with Crippen LogP contribution in [0, 0.1) is 12.7 Å². The Morgan fingerprint density at radius 1 is 1.53 bits per heavy atom. The summed E-state index contributed by atoms with van der Waals surface area (Å²) in [7, 11) is 0. The van der Waals surface area contributed by atoms with E-state index in [0.29, 0.717) is 5.56 Å². The molecule has 0 saturated heterocycles. The molecule has 0 N–H and O–H groups in total. The van der Waals surface area contributed by atoms with Crippen molar-refractivity contribution in [1.29, 1.82) is 0 Å². The predicted molar refractivity (Wildman–Crippen MR) is 66.3 cm³/mol. The van der Waals surface area contributed by atoms with Gasteiger partial charge in [-0.2, -0.15) is 0 Å². The van der Waals surface area contributed by atoms with E-state index in [-0.39, 0.29) is 17.2 Å². The monoisotopic (exact) mass is 269 g/mol. The SMILES string of the molecule is Cc1csc(CC(=O)c2ccc(Cl)c(F)c2)n1. The highest BCUT2D eigenvalue weighted by molar-refractivity contribution is 7.09. The number of thiazole rings is 1. The first kappa shape index (κ1) is 12.2. The number of Topliss-reactive ketones (excluding diaryl/α,β-unsaturated/α-hetero) is 1. The Kier molecular flexibility index (Phi) is 3.54. The Labute approximate surface area is 107 Å². The second kappa shape index (κ2) is 4.94. The third-order valence-corrected chi connectivity index (χ3v) is 3.49. The highest BCUT2D eigenvalue weighted by Crippen LogP contribution is 2.18. The van der Waals surface area contributed by atoms with Crippen LogP contribution in [-0.4, -0.2) is 10.8 Å². The molecule has 17 heavy (non-hydrogen) atoms. The molecule has 2 nitrogen and oxygen atoms in total. The first-order valence-electron chi connectivity index (χ1n) is 4.95. The fourth-order valence-electron chi connectivity index (χ4n) is 1.39. The number of nitrogens with zero attached hydrogens (tertiary/aromatic N) is 1. The van der Waals surface area contributed by atoms with Crippen LogP contribution in [0.3, 0.4) is 0 Å². The van der Waals surface area contributed by atoms with Crippen LogP contribution in [0.2, 0.25) is 5.02 Å². The Morgan fingerprint density at radius 3 is 2.88 bits per heavy atom. The molecule has 0 aliphatic carbocycles. The van der Waals surface area contributed by atoms with Gasteiger partial charge in [-0.25, -0.2) is 9.37 Å². The third kappa shape index (κ3) is 2.90. The average Bonchev–Trinajstić information content (AvgIpc) is 2.68. The number of carbonyl (C=O) groups excluding carboxylic acids is 1. The number of aryl methyl sites for hydroxylation is 1. The summed E-state index contributed by atoms with van der Waals surface area (Å²) in [6.07, 6.45) is 0.194. The first-order valence-corrected chi connectivity index (χ1v) is 6.21. The standard InChI is InChI=1S/C12H9ClFNOS/c1-7-6-17-12(15-7)5-11(16)8-2-3-9(13)10(14)4-8/h2-4,6H,5H2,1H3. The van der Waals surface area contributed by atoms with Gasteiger partial charge in [0, 0.05) is 16.6 Å². The maximum atomic E-state index is 13.2. The van der Waals surface area contributed by atoms with Gasteiger partial charge in [0.25, 0.3) is 0 Å². The number of carbonyl (C=O) groups is 1. The van der Waals surface area contributed by atoms with Crippen LogP contribution >= 0.6 is 22.9 Å². The summed E-state index contributed by atoms with van der Waals surface area (Å²) in [4.78, 5) is 16.0. The fraction of sp³-hybridized carbons (Fsp3) is 0.167. The van der Waals surface area contributed by atoms with Crippen molar-refractivity contribution in [2.45, 2.75) is 13.3 Å². The van der Waals surface area contributed by atoms with Crippen molar-refractivity contribution in [3.63, 3.8) is 0 Å². The van der Waals surface area contributed by atoms with Crippen LogP contribution in [0.5, 0.6) is 0 Å². The third-order valence-electron chi connectivity index (χ3n) is 2.22. The molecule has 0 radical (unpaired) electrons. The number of rotatable bonds is 3. The smallest absolute Gasteiger partial charge is 0.169 e. The van der Waals surface area contributed by atoms with E-state index in [9.17, 15) is 9.18 Å². The first-order chi connectivity index (χ1) is 8.06. The summed E-state index contributed by atoms with van der Waals surface area (Å²) < 4.78 is 13.2. The van der Waals surface area contributed by atoms with Crippen molar-refractivity contribution in [3.05, 3.63) is 50.7 Å². The van der Waals surface area contributed by atoms with Gasteiger partial charge in [-0.05, 0) is 25.1 Å². The molecular formula is C12H9ClFNOS. The lowest BCUT2D eigenvalue weighted by molar-refractivity contribution is 0.0992. The van der Waals surface area contributed by atoms with E-state index in [4.69, 9.17) is 11.6 Å². The van der Waals surface area contributed by atoms with Gasteiger partial charge < -0.3 is 0 Å². The molecule has 88 valence electrons. The Hall–Kier alpha value is -1.26. The lowest BCUT2D eigenvalue weighted by Crippen LogP contribution is -2.03. The molecule has 1 aromatic carbocycles. The van der Waals surface area contributed by atoms with Crippen LogP contribution in [0.15, 0.2) is 23.6 Å². The number of ketones is 1. The quantitative estimate of drug-likeness (QED) is 0.796. The number of hydrogen-bond acceptors (Lipinski definition) is 3. The van der Waals surface area contributed by atoms with Gasteiger partial charge in [0.05, 0.1) is 11.4 Å². The van der Waals surface area contributed by atoms with E-state index in [1.165, 1.54) is 23.5 Å². The van der Waals surface area contributed by atoms with E-state index in [1.807, 2.05) is 12.3 Å². The summed E-state index contributed by atoms with van der Waals surface area (Å²) in [5, 5.41) is 2.64. The summed E-state index contributed by atoms with van der Waals surface area (Å²) in [5.74, 6) is -0.734. The van der Waals surface area contributed by atoms with Crippen LogP contribution in [0.4, 0.5) is 4.39 Å². The largest absolute Gasteiger partial charge is 0.294 e. The lowest BCUT2D eigenvalue weighted by atomic mass is 10.1. The Balaban J connectivity index is 2.17. The van der Waals surface area contributed by atoms with Crippen LogP contribution in [-0.2, 0) is 6.42 Å². The molecular weight excluding hydrogens is 261 g/mol. The normalized spacial score (nSPS) is 10.5. The summed E-state index contributed by atoms with van der Waals surface area (Å²) in [6.45, 7) is 1.87. The number of hydrogen-bond donors (Lipinski definition) is 0. The van der Waals surface area contributed by atoms with Gasteiger partial charge >= 0.3 is 0 Å². The number of halogens is 2. The molecule has 0 aliphatic heterocycles. The molecule has 2 rings (SSSR count). The number of benzene rings is 1. The van der Waals surface area contributed by atoms with Gasteiger partial charge in [0.15, 0.2) is 5.78 Å². The van der Waals surface area contributed by atoms with Crippen LogP contribution in [0.25, 0.3) is 0 Å². The Bertz CT molecular complexity index is 567. The molecule has 0 aliphatic rings. The van der Waals surface area contributed by atoms with Crippen molar-refractivity contribution in [2.24, 2.45) is 0 Å². The van der Waals surface area contributed by atoms with Crippen molar-refractivity contribution < 1.29 is 9.18 Å². The van der Waals surface area contributed by atoms with Crippen molar-refractivity contribution in [3.8, 4) is 0 Å². The zero-order valence-electron chi connectivity index (χ0n) is 9.04. The molecule has 0 bridgehead atoms. The summed E-state index contributed by atoms with van der Waals surface area (Å²) >= 11 is 6.98. The zero-order chi connectivity index (χ0) is 12.4.